The molecule has 0 saturated heterocycles. The first-order chi connectivity index (χ1) is 7.15. The molecule has 1 rings (SSSR count). The molecule has 1 atom stereocenters. The van der Waals surface area contributed by atoms with Crippen LogP contribution in [0.25, 0.3) is 0 Å². The van der Waals surface area contributed by atoms with Crippen molar-refractivity contribution in [2.75, 3.05) is 7.05 Å². The van der Waals surface area contributed by atoms with Gasteiger partial charge in [-0.15, -0.1) is 0 Å². The number of hydrogen-bond acceptors (Lipinski definition) is 3. The zero-order valence-electron chi connectivity index (χ0n) is 9.18. The molecule has 15 heavy (non-hydrogen) atoms. The maximum atomic E-state index is 11.7. The monoisotopic (exact) mass is 207 g/mol. The second-order valence-corrected chi connectivity index (χ2v) is 3.57. The van der Waals surface area contributed by atoms with Crippen LogP contribution >= 0.6 is 0 Å². The number of carbonyl (C=O) groups is 1. The van der Waals surface area contributed by atoms with Gasteiger partial charge in [-0.05, 0) is 18.1 Å². The molecule has 0 aromatic carbocycles. The number of nitrogens with zero attached hydrogens (tertiary/aromatic N) is 2. The molecule has 1 aromatic heterocycles. The quantitative estimate of drug-likeness (QED) is 0.793. The lowest BCUT2D eigenvalue weighted by atomic mass is 10.2. The van der Waals surface area contributed by atoms with E-state index >= 15 is 0 Å². The highest BCUT2D eigenvalue weighted by molar-refractivity contribution is 5.81. The highest BCUT2D eigenvalue weighted by atomic mass is 16.2. The minimum absolute atomic E-state index is 0.0265. The smallest absolute Gasteiger partial charge is 0.239 e. The van der Waals surface area contributed by atoms with Crippen LogP contribution in [0.15, 0.2) is 24.5 Å². The Hall–Kier alpha value is -1.42. The molecule has 1 aromatic rings. The lowest BCUT2D eigenvalue weighted by molar-refractivity contribution is -0.131. The average Bonchev–Trinajstić information content (AvgIpc) is 2.28. The summed E-state index contributed by atoms with van der Waals surface area (Å²) in [6.45, 7) is 2.46. The van der Waals surface area contributed by atoms with E-state index in [9.17, 15) is 4.79 Å². The van der Waals surface area contributed by atoms with E-state index in [2.05, 4.69) is 4.98 Å². The molecule has 82 valence electrons. The van der Waals surface area contributed by atoms with Crippen LogP contribution in [0.4, 0.5) is 0 Å². The molecule has 1 amide bonds. The van der Waals surface area contributed by atoms with E-state index in [1.54, 1.807) is 24.3 Å². The zero-order chi connectivity index (χ0) is 11.3. The molecule has 0 aliphatic carbocycles. The molecule has 0 saturated carbocycles. The van der Waals surface area contributed by atoms with Crippen LogP contribution in [0.1, 0.15) is 18.9 Å². The molecule has 0 aliphatic rings. The van der Waals surface area contributed by atoms with E-state index in [-0.39, 0.29) is 5.91 Å². The molecule has 0 radical (unpaired) electrons. The van der Waals surface area contributed by atoms with Crippen LogP contribution < -0.4 is 5.73 Å². The van der Waals surface area contributed by atoms with Crippen LogP contribution in [0.3, 0.4) is 0 Å². The van der Waals surface area contributed by atoms with Crippen molar-refractivity contribution in [3.63, 3.8) is 0 Å². The van der Waals surface area contributed by atoms with E-state index in [0.717, 1.165) is 5.56 Å². The van der Waals surface area contributed by atoms with Crippen molar-refractivity contribution < 1.29 is 4.79 Å². The first kappa shape index (κ1) is 11.7. The van der Waals surface area contributed by atoms with Gasteiger partial charge in [0.25, 0.3) is 0 Å². The van der Waals surface area contributed by atoms with Crippen molar-refractivity contribution in [1.29, 1.82) is 0 Å². The van der Waals surface area contributed by atoms with E-state index in [1.165, 1.54) is 0 Å². The summed E-state index contributed by atoms with van der Waals surface area (Å²) >= 11 is 0. The molecule has 0 aliphatic heterocycles. The third-order valence-corrected chi connectivity index (χ3v) is 2.28. The highest BCUT2D eigenvalue weighted by Crippen LogP contribution is 2.02. The van der Waals surface area contributed by atoms with Crippen LogP contribution in [0.5, 0.6) is 0 Å². The maximum Gasteiger partial charge on any atom is 0.239 e. The fourth-order valence-corrected chi connectivity index (χ4v) is 1.30. The van der Waals surface area contributed by atoms with Gasteiger partial charge in [-0.3, -0.25) is 9.78 Å². The van der Waals surface area contributed by atoms with Crippen molar-refractivity contribution in [1.82, 2.24) is 9.88 Å². The Balaban J connectivity index is 2.56. The molecule has 1 heterocycles. The van der Waals surface area contributed by atoms with Crippen molar-refractivity contribution in [3.05, 3.63) is 30.1 Å². The number of amides is 1. The molecule has 2 N–H and O–H groups in total. The predicted octanol–water partition coefficient (Wildman–Crippen LogP) is 0.777. The summed E-state index contributed by atoms with van der Waals surface area (Å²) in [4.78, 5) is 17.3. The first-order valence-corrected chi connectivity index (χ1v) is 5.04. The number of carbonyl (C=O) groups excluding carboxylic acids is 1. The van der Waals surface area contributed by atoms with Gasteiger partial charge < -0.3 is 10.6 Å². The van der Waals surface area contributed by atoms with E-state index < -0.39 is 6.04 Å². The highest BCUT2D eigenvalue weighted by Gasteiger charge is 2.15. The first-order valence-electron chi connectivity index (χ1n) is 5.04. The molecule has 0 spiro atoms. The number of pyridine rings is 1. The summed E-state index contributed by atoms with van der Waals surface area (Å²) in [5.74, 6) is -0.0265. The summed E-state index contributed by atoms with van der Waals surface area (Å²) in [7, 11) is 1.75. The van der Waals surface area contributed by atoms with Gasteiger partial charge >= 0.3 is 0 Å². The lowest BCUT2D eigenvalue weighted by Crippen LogP contribution is -2.40. The zero-order valence-corrected chi connectivity index (χ0v) is 9.18. The minimum Gasteiger partial charge on any atom is -0.340 e. The van der Waals surface area contributed by atoms with E-state index in [1.807, 2.05) is 19.1 Å². The number of hydrogen-bond donors (Lipinski definition) is 1. The van der Waals surface area contributed by atoms with Gasteiger partial charge in [-0.25, -0.2) is 0 Å². The summed E-state index contributed by atoms with van der Waals surface area (Å²) in [6.07, 6.45) is 4.13. The fourth-order valence-electron chi connectivity index (χ4n) is 1.30. The molecule has 0 bridgehead atoms. The second kappa shape index (κ2) is 5.46. The Morgan fingerprint density at radius 1 is 1.67 bits per heavy atom. The third-order valence-electron chi connectivity index (χ3n) is 2.28. The predicted molar refractivity (Wildman–Crippen MR) is 59.0 cm³/mol. The average molecular weight is 207 g/mol. The van der Waals surface area contributed by atoms with Crippen LogP contribution in [0, 0.1) is 0 Å². The van der Waals surface area contributed by atoms with Gasteiger partial charge in [0.1, 0.15) is 0 Å². The van der Waals surface area contributed by atoms with Crippen molar-refractivity contribution in [3.8, 4) is 0 Å². The molecule has 4 nitrogen and oxygen atoms in total. The summed E-state index contributed by atoms with van der Waals surface area (Å²) in [5.41, 5.74) is 6.68. The molecular weight excluding hydrogens is 190 g/mol. The van der Waals surface area contributed by atoms with Gasteiger partial charge in [0, 0.05) is 26.0 Å². The normalized spacial score (nSPS) is 12.2. The Kier molecular flexibility index (Phi) is 4.24. The van der Waals surface area contributed by atoms with Gasteiger partial charge in [0.2, 0.25) is 5.91 Å². The van der Waals surface area contributed by atoms with Crippen molar-refractivity contribution >= 4 is 5.91 Å². The summed E-state index contributed by atoms with van der Waals surface area (Å²) in [6, 6.07) is 3.40. The van der Waals surface area contributed by atoms with Gasteiger partial charge in [-0.1, -0.05) is 13.0 Å². The Labute approximate surface area is 90.1 Å². The Morgan fingerprint density at radius 2 is 2.40 bits per heavy atom. The van der Waals surface area contributed by atoms with Crippen LogP contribution in [-0.4, -0.2) is 28.9 Å². The molecule has 0 unspecified atom stereocenters. The number of likely N-dealkylation sites (N-methyl/N-ethyl adjacent to an activating group) is 1. The fraction of sp³-hybridized carbons (Fsp3) is 0.455. The van der Waals surface area contributed by atoms with Crippen molar-refractivity contribution in [2.45, 2.75) is 25.9 Å². The van der Waals surface area contributed by atoms with Crippen molar-refractivity contribution in [2.24, 2.45) is 5.73 Å². The SMILES string of the molecule is CC[C@@H](N)C(=O)N(C)Cc1cccnc1. The van der Waals surface area contributed by atoms with Crippen LogP contribution in [-0.2, 0) is 11.3 Å². The Bertz CT molecular complexity index is 313. The molecular formula is C11H17N3O. The van der Waals surface area contributed by atoms with Gasteiger partial charge in [0.05, 0.1) is 6.04 Å². The topological polar surface area (TPSA) is 59.2 Å². The Morgan fingerprint density at radius 3 is 2.93 bits per heavy atom. The van der Waals surface area contributed by atoms with E-state index in [4.69, 9.17) is 5.73 Å². The molecule has 0 fully saturated rings. The van der Waals surface area contributed by atoms with E-state index in [0.29, 0.717) is 13.0 Å². The maximum absolute atomic E-state index is 11.7. The summed E-state index contributed by atoms with van der Waals surface area (Å²) < 4.78 is 0. The summed E-state index contributed by atoms with van der Waals surface area (Å²) in [5, 5.41) is 0. The largest absolute Gasteiger partial charge is 0.340 e. The number of nitrogens with two attached hydrogens (primary N) is 1. The molecule has 4 heteroatoms. The second-order valence-electron chi connectivity index (χ2n) is 3.57. The number of rotatable bonds is 4. The standard InChI is InChI=1S/C11H17N3O/c1-3-10(12)11(15)14(2)8-9-5-4-6-13-7-9/h4-7,10H,3,8,12H2,1-2H3/t10-/m1/s1. The number of aromatic nitrogens is 1. The van der Waals surface area contributed by atoms with Gasteiger partial charge in [0.15, 0.2) is 0 Å². The van der Waals surface area contributed by atoms with Crippen LogP contribution in [0.2, 0.25) is 0 Å². The minimum atomic E-state index is -0.397. The van der Waals surface area contributed by atoms with Gasteiger partial charge in [-0.2, -0.15) is 0 Å². The lowest BCUT2D eigenvalue weighted by Gasteiger charge is -2.20. The third kappa shape index (κ3) is 3.32.